The highest BCUT2D eigenvalue weighted by Gasteiger charge is 2.21. The van der Waals surface area contributed by atoms with Crippen molar-refractivity contribution in [2.45, 2.75) is 10.1 Å². The summed E-state index contributed by atoms with van der Waals surface area (Å²) in [6.07, 6.45) is 2.12. The Kier molecular flexibility index (Phi) is 3.93. The molecule has 0 saturated heterocycles. The van der Waals surface area contributed by atoms with Gasteiger partial charge in [-0.1, -0.05) is 36.4 Å². The molecule has 1 aliphatic rings. The van der Waals surface area contributed by atoms with Gasteiger partial charge in [0.05, 0.1) is 21.5 Å². The van der Waals surface area contributed by atoms with Crippen LogP contribution >= 0.6 is 23.1 Å². The molecule has 0 aliphatic carbocycles. The third kappa shape index (κ3) is 2.92. The Bertz CT molecular complexity index is 855. The number of halogens is 1. The minimum Gasteiger partial charge on any atom is -0.354 e. The van der Waals surface area contributed by atoms with Crippen LogP contribution in [0.2, 0.25) is 0 Å². The van der Waals surface area contributed by atoms with Gasteiger partial charge in [-0.25, -0.2) is 4.39 Å². The number of thiophene rings is 1. The van der Waals surface area contributed by atoms with Crippen LogP contribution in [0.1, 0.15) is 15.7 Å². The van der Waals surface area contributed by atoms with Crippen LogP contribution in [0.25, 0.3) is 5.70 Å². The average Bonchev–Trinajstić information content (AvgIpc) is 3.03. The van der Waals surface area contributed by atoms with Gasteiger partial charge in [0.1, 0.15) is 5.82 Å². The largest absolute Gasteiger partial charge is 0.354 e. The van der Waals surface area contributed by atoms with Gasteiger partial charge in [-0.3, -0.25) is 0 Å². The lowest BCUT2D eigenvalue weighted by Crippen LogP contribution is -1.98. The van der Waals surface area contributed by atoms with Gasteiger partial charge in [-0.2, -0.15) is 0 Å². The number of thioether (sulfide) groups is 1. The molecule has 1 unspecified atom stereocenters. The van der Waals surface area contributed by atoms with Crippen molar-refractivity contribution in [3.05, 3.63) is 88.4 Å². The second kappa shape index (κ2) is 6.22. The van der Waals surface area contributed by atoms with Crippen molar-refractivity contribution in [2.75, 3.05) is 5.32 Å². The van der Waals surface area contributed by atoms with Crippen LogP contribution in [-0.2, 0) is 0 Å². The van der Waals surface area contributed by atoms with Crippen LogP contribution in [0, 0.1) is 5.82 Å². The number of fused-ring (bicyclic) bond motifs is 1. The molecule has 0 spiro atoms. The number of hydrogen-bond acceptors (Lipinski definition) is 3. The molecule has 1 aromatic heterocycles. The SMILES string of the molecule is Fc1ccccc1C1C=C(c2cccs2)Nc2ccccc2S1. The summed E-state index contributed by atoms with van der Waals surface area (Å²) in [4.78, 5) is 2.28. The minimum atomic E-state index is -0.161. The zero-order chi connectivity index (χ0) is 15.6. The lowest BCUT2D eigenvalue weighted by Gasteiger charge is -2.13. The Labute approximate surface area is 142 Å². The average molecular weight is 339 g/mol. The molecule has 0 amide bonds. The quantitative estimate of drug-likeness (QED) is 0.597. The summed E-state index contributed by atoms with van der Waals surface area (Å²) >= 11 is 3.35. The summed E-state index contributed by atoms with van der Waals surface area (Å²) in [5.74, 6) is -0.161. The first-order chi connectivity index (χ1) is 11.3. The third-order valence-corrected chi connectivity index (χ3v) is 5.88. The zero-order valence-corrected chi connectivity index (χ0v) is 13.8. The molecule has 23 heavy (non-hydrogen) atoms. The Hall–Kier alpha value is -2.04. The van der Waals surface area contributed by atoms with Crippen molar-refractivity contribution in [2.24, 2.45) is 0 Å². The van der Waals surface area contributed by atoms with Crippen LogP contribution in [0.15, 0.2) is 77.0 Å². The molecule has 1 nitrogen and oxygen atoms in total. The lowest BCUT2D eigenvalue weighted by atomic mass is 10.1. The van der Waals surface area contributed by atoms with Crippen molar-refractivity contribution in [3.8, 4) is 0 Å². The van der Waals surface area contributed by atoms with Gasteiger partial charge in [0.25, 0.3) is 0 Å². The number of hydrogen-bond donors (Lipinski definition) is 1. The van der Waals surface area contributed by atoms with Gasteiger partial charge in [0, 0.05) is 10.5 Å². The molecule has 4 heteroatoms. The second-order valence-electron chi connectivity index (χ2n) is 5.24. The molecule has 0 fully saturated rings. The Morgan fingerprint density at radius 1 is 0.913 bits per heavy atom. The predicted molar refractivity (Wildman–Crippen MR) is 97.4 cm³/mol. The van der Waals surface area contributed by atoms with E-state index in [9.17, 15) is 4.39 Å². The van der Waals surface area contributed by atoms with Gasteiger partial charge in [-0.05, 0) is 35.7 Å². The minimum absolute atomic E-state index is 0.0653. The van der Waals surface area contributed by atoms with E-state index in [1.165, 1.54) is 6.07 Å². The summed E-state index contributed by atoms with van der Waals surface area (Å²) in [6.45, 7) is 0. The van der Waals surface area contributed by atoms with Gasteiger partial charge in [0.15, 0.2) is 0 Å². The molecule has 2 aromatic carbocycles. The number of benzene rings is 2. The van der Waals surface area contributed by atoms with E-state index in [4.69, 9.17) is 0 Å². The highest BCUT2D eigenvalue weighted by atomic mass is 32.2. The Morgan fingerprint density at radius 3 is 2.57 bits per heavy atom. The van der Waals surface area contributed by atoms with Gasteiger partial charge < -0.3 is 5.32 Å². The summed E-state index contributed by atoms with van der Waals surface area (Å²) in [7, 11) is 0. The van der Waals surface area contributed by atoms with Crippen molar-refractivity contribution in [1.29, 1.82) is 0 Å². The second-order valence-corrected chi connectivity index (χ2v) is 7.37. The van der Waals surface area contributed by atoms with E-state index in [1.54, 1.807) is 29.2 Å². The maximum absolute atomic E-state index is 14.3. The van der Waals surface area contributed by atoms with Crippen LogP contribution in [0.5, 0.6) is 0 Å². The third-order valence-electron chi connectivity index (χ3n) is 3.73. The van der Waals surface area contributed by atoms with Gasteiger partial charge >= 0.3 is 0 Å². The number of nitrogens with one attached hydrogen (secondary N) is 1. The standard InChI is InChI=1S/C19H14FNS2/c20-14-7-2-1-6-13(14)19-12-16(17-10-5-11-22-17)21-15-8-3-4-9-18(15)23-19/h1-12,19,21H. The number of anilines is 1. The van der Waals surface area contributed by atoms with E-state index in [0.29, 0.717) is 5.56 Å². The first kappa shape index (κ1) is 14.5. The molecule has 1 N–H and O–H groups in total. The molecule has 114 valence electrons. The summed E-state index contributed by atoms with van der Waals surface area (Å²) in [5, 5.41) is 5.50. The van der Waals surface area contributed by atoms with Gasteiger partial charge in [0.2, 0.25) is 0 Å². The summed E-state index contributed by atoms with van der Waals surface area (Å²) < 4.78 is 14.3. The van der Waals surface area contributed by atoms with Gasteiger partial charge in [-0.15, -0.1) is 23.1 Å². The molecular weight excluding hydrogens is 325 g/mol. The van der Waals surface area contributed by atoms with Crippen LogP contribution < -0.4 is 5.32 Å². The molecule has 0 bridgehead atoms. The van der Waals surface area contributed by atoms with E-state index >= 15 is 0 Å². The molecule has 3 aromatic rings. The van der Waals surface area contributed by atoms with Crippen molar-refractivity contribution in [1.82, 2.24) is 0 Å². The molecule has 0 saturated carbocycles. The van der Waals surface area contributed by atoms with Crippen LogP contribution in [-0.4, -0.2) is 0 Å². The molecule has 1 atom stereocenters. The van der Waals surface area contributed by atoms with Crippen LogP contribution in [0.4, 0.5) is 10.1 Å². The molecular formula is C19H14FNS2. The summed E-state index contributed by atoms with van der Waals surface area (Å²) in [6, 6.07) is 19.3. The fraction of sp³-hybridized carbons (Fsp3) is 0.0526. The molecule has 1 aliphatic heterocycles. The van der Waals surface area contributed by atoms with Crippen molar-refractivity contribution < 1.29 is 4.39 Å². The Morgan fingerprint density at radius 2 is 1.74 bits per heavy atom. The van der Waals surface area contributed by atoms with Crippen LogP contribution in [0.3, 0.4) is 0 Å². The topological polar surface area (TPSA) is 12.0 Å². The molecule has 0 radical (unpaired) electrons. The predicted octanol–water partition coefficient (Wildman–Crippen LogP) is 6.19. The van der Waals surface area contributed by atoms with E-state index in [1.807, 2.05) is 30.3 Å². The lowest BCUT2D eigenvalue weighted by molar-refractivity contribution is 0.614. The maximum Gasteiger partial charge on any atom is 0.127 e. The van der Waals surface area contributed by atoms with Crippen molar-refractivity contribution >= 4 is 34.5 Å². The first-order valence-corrected chi connectivity index (χ1v) is 9.10. The maximum atomic E-state index is 14.3. The highest BCUT2D eigenvalue weighted by Crippen LogP contribution is 2.45. The molecule has 2 heterocycles. The highest BCUT2D eigenvalue weighted by molar-refractivity contribution is 7.99. The van der Waals surface area contributed by atoms with E-state index in [2.05, 4.69) is 35.0 Å². The Balaban J connectivity index is 1.84. The summed E-state index contributed by atoms with van der Waals surface area (Å²) in [5.41, 5.74) is 2.81. The van der Waals surface area contributed by atoms with E-state index in [0.717, 1.165) is 21.2 Å². The fourth-order valence-corrected chi connectivity index (χ4v) is 4.52. The fourth-order valence-electron chi connectivity index (χ4n) is 2.62. The zero-order valence-electron chi connectivity index (χ0n) is 12.2. The normalized spacial score (nSPS) is 16.9. The first-order valence-electron chi connectivity index (χ1n) is 7.34. The smallest absolute Gasteiger partial charge is 0.127 e. The molecule has 4 rings (SSSR count). The van der Waals surface area contributed by atoms with Crippen molar-refractivity contribution in [3.63, 3.8) is 0 Å². The van der Waals surface area contributed by atoms with E-state index < -0.39 is 0 Å². The number of para-hydroxylation sites is 1. The monoisotopic (exact) mass is 339 g/mol. The number of rotatable bonds is 2. The van der Waals surface area contributed by atoms with E-state index in [-0.39, 0.29) is 11.1 Å².